The van der Waals surface area contributed by atoms with Crippen molar-refractivity contribution in [1.82, 2.24) is 4.57 Å². The summed E-state index contributed by atoms with van der Waals surface area (Å²) < 4.78 is 7.82. The molecule has 0 aliphatic carbocycles. The standard InChI is InChI=1S/C20H17BrN2O3S/c1-22-19-18(27-20(22)25)16(12-4-3-5-15(10-12)26-2)11-17(24)23(19)14-8-6-13(21)7-9-14/h3-10,16H,11H2,1-2H3/t16-/m0/s1. The highest BCUT2D eigenvalue weighted by Gasteiger charge is 2.37. The molecule has 2 heterocycles. The van der Waals surface area contributed by atoms with E-state index in [-0.39, 0.29) is 16.7 Å². The van der Waals surface area contributed by atoms with E-state index < -0.39 is 0 Å². The van der Waals surface area contributed by atoms with Crippen molar-refractivity contribution in [1.29, 1.82) is 0 Å². The molecule has 7 heteroatoms. The number of rotatable bonds is 3. The van der Waals surface area contributed by atoms with Gasteiger partial charge in [0.1, 0.15) is 11.6 Å². The van der Waals surface area contributed by atoms with Crippen LogP contribution in [-0.4, -0.2) is 17.6 Å². The number of anilines is 2. The topological polar surface area (TPSA) is 51.5 Å². The predicted molar refractivity (Wildman–Crippen MR) is 110 cm³/mol. The van der Waals surface area contributed by atoms with Crippen LogP contribution in [0.3, 0.4) is 0 Å². The molecule has 138 valence electrons. The van der Waals surface area contributed by atoms with Gasteiger partial charge in [-0.15, -0.1) is 0 Å². The lowest BCUT2D eigenvalue weighted by Crippen LogP contribution is -2.34. The number of thiazole rings is 1. The van der Waals surface area contributed by atoms with E-state index in [9.17, 15) is 9.59 Å². The summed E-state index contributed by atoms with van der Waals surface area (Å²) in [5.74, 6) is 1.19. The fourth-order valence-electron chi connectivity index (χ4n) is 3.41. The molecule has 0 fully saturated rings. The number of ether oxygens (including phenoxy) is 1. The number of hydrogen-bond acceptors (Lipinski definition) is 4. The molecule has 1 amide bonds. The van der Waals surface area contributed by atoms with Crippen LogP contribution >= 0.6 is 27.3 Å². The van der Waals surface area contributed by atoms with Gasteiger partial charge >= 0.3 is 4.87 Å². The minimum absolute atomic E-state index is 0.0361. The van der Waals surface area contributed by atoms with Crippen molar-refractivity contribution in [2.45, 2.75) is 12.3 Å². The molecule has 0 saturated heterocycles. The number of benzene rings is 2. The van der Waals surface area contributed by atoms with Gasteiger partial charge in [0.05, 0.1) is 17.7 Å². The third-order valence-electron chi connectivity index (χ3n) is 4.75. The zero-order chi connectivity index (χ0) is 19.1. The Morgan fingerprint density at radius 3 is 2.59 bits per heavy atom. The van der Waals surface area contributed by atoms with Gasteiger partial charge in [0, 0.05) is 23.9 Å². The summed E-state index contributed by atoms with van der Waals surface area (Å²) in [5, 5.41) is 0. The fourth-order valence-corrected chi connectivity index (χ4v) is 4.76. The number of hydrogen-bond donors (Lipinski definition) is 0. The summed E-state index contributed by atoms with van der Waals surface area (Å²) in [4.78, 5) is 28.0. The molecule has 0 radical (unpaired) electrons. The Kier molecular flexibility index (Phi) is 4.65. The van der Waals surface area contributed by atoms with Crippen LogP contribution in [0.25, 0.3) is 0 Å². The SMILES string of the molecule is COc1cccc([C@@H]2CC(=O)N(c3ccc(Br)cc3)c3c2sc(=O)n3C)c1. The molecule has 1 atom stereocenters. The Morgan fingerprint density at radius 1 is 1.15 bits per heavy atom. The van der Waals surface area contributed by atoms with E-state index in [4.69, 9.17) is 4.74 Å². The van der Waals surface area contributed by atoms with Crippen LogP contribution < -0.4 is 14.5 Å². The lowest BCUT2D eigenvalue weighted by Gasteiger charge is -2.32. The second-order valence-electron chi connectivity index (χ2n) is 6.35. The molecular formula is C20H17BrN2O3S. The average Bonchev–Trinajstić information content (AvgIpc) is 2.97. The van der Waals surface area contributed by atoms with E-state index in [2.05, 4.69) is 15.9 Å². The summed E-state index contributed by atoms with van der Waals surface area (Å²) in [7, 11) is 3.33. The Morgan fingerprint density at radius 2 is 1.89 bits per heavy atom. The number of aromatic nitrogens is 1. The Bertz CT molecular complexity index is 1070. The van der Waals surface area contributed by atoms with E-state index in [1.54, 1.807) is 23.6 Å². The number of fused-ring (bicyclic) bond motifs is 1. The fraction of sp³-hybridized carbons (Fsp3) is 0.200. The third kappa shape index (κ3) is 3.11. The molecule has 0 saturated carbocycles. The molecule has 3 aromatic rings. The molecule has 0 bridgehead atoms. The number of amides is 1. The molecule has 1 aliphatic heterocycles. The maximum Gasteiger partial charge on any atom is 0.308 e. The van der Waals surface area contributed by atoms with E-state index in [1.807, 2.05) is 48.5 Å². The highest BCUT2D eigenvalue weighted by molar-refractivity contribution is 9.10. The molecule has 5 nitrogen and oxygen atoms in total. The molecule has 4 rings (SSSR count). The molecular weight excluding hydrogens is 428 g/mol. The van der Waals surface area contributed by atoms with Gasteiger partial charge in [-0.25, -0.2) is 0 Å². The van der Waals surface area contributed by atoms with E-state index in [0.717, 1.165) is 26.4 Å². The van der Waals surface area contributed by atoms with Crippen molar-refractivity contribution in [2.24, 2.45) is 7.05 Å². The molecule has 27 heavy (non-hydrogen) atoms. The molecule has 2 aromatic carbocycles. The van der Waals surface area contributed by atoms with Crippen LogP contribution in [0.5, 0.6) is 5.75 Å². The van der Waals surface area contributed by atoms with Crippen LogP contribution in [0.4, 0.5) is 11.5 Å². The predicted octanol–water partition coefficient (Wildman–Crippen LogP) is 4.42. The van der Waals surface area contributed by atoms with Gasteiger partial charge in [-0.05, 0) is 42.0 Å². The Hall–Kier alpha value is -2.38. The van der Waals surface area contributed by atoms with Gasteiger partial charge in [-0.1, -0.05) is 39.4 Å². The van der Waals surface area contributed by atoms with E-state index in [1.165, 1.54) is 11.3 Å². The number of methoxy groups -OCH3 is 1. The zero-order valence-corrected chi connectivity index (χ0v) is 17.2. The minimum atomic E-state index is -0.159. The molecule has 0 spiro atoms. The summed E-state index contributed by atoms with van der Waals surface area (Å²) in [6.45, 7) is 0. The van der Waals surface area contributed by atoms with Gasteiger partial charge in [0.15, 0.2) is 0 Å². The monoisotopic (exact) mass is 444 g/mol. The third-order valence-corrected chi connectivity index (χ3v) is 6.41. The first-order valence-corrected chi connectivity index (χ1v) is 10.0. The van der Waals surface area contributed by atoms with Gasteiger partial charge in [-0.2, -0.15) is 0 Å². The zero-order valence-electron chi connectivity index (χ0n) is 14.8. The second-order valence-corrected chi connectivity index (χ2v) is 8.26. The van der Waals surface area contributed by atoms with Crippen molar-refractivity contribution in [3.8, 4) is 5.75 Å². The first kappa shape index (κ1) is 18.0. The highest BCUT2D eigenvalue weighted by Crippen LogP contribution is 2.45. The first-order valence-electron chi connectivity index (χ1n) is 8.41. The van der Waals surface area contributed by atoms with Crippen LogP contribution in [-0.2, 0) is 11.8 Å². The number of halogens is 1. The first-order chi connectivity index (χ1) is 13.0. The minimum Gasteiger partial charge on any atom is -0.497 e. The summed E-state index contributed by atoms with van der Waals surface area (Å²) in [6.07, 6.45) is 0.302. The highest BCUT2D eigenvalue weighted by atomic mass is 79.9. The van der Waals surface area contributed by atoms with Crippen molar-refractivity contribution in [3.05, 3.63) is 73.1 Å². The maximum absolute atomic E-state index is 13.1. The van der Waals surface area contributed by atoms with Crippen LogP contribution in [0.15, 0.2) is 57.8 Å². The van der Waals surface area contributed by atoms with Crippen molar-refractivity contribution < 1.29 is 9.53 Å². The second kappa shape index (κ2) is 6.98. The normalized spacial score (nSPS) is 16.3. The molecule has 1 aromatic heterocycles. The number of nitrogens with zero attached hydrogens (tertiary/aromatic N) is 2. The largest absolute Gasteiger partial charge is 0.497 e. The van der Waals surface area contributed by atoms with Gasteiger partial charge < -0.3 is 4.74 Å². The van der Waals surface area contributed by atoms with Crippen LogP contribution in [0, 0.1) is 0 Å². The summed E-state index contributed by atoms with van der Waals surface area (Å²) in [5.41, 5.74) is 1.73. The summed E-state index contributed by atoms with van der Waals surface area (Å²) in [6, 6.07) is 15.2. The summed E-state index contributed by atoms with van der Waals surface area (Å²) >= 11 is 4.62. The molecule has 0 unspecified atom stereocenters. The number of carbonyl (C=O) groups excluding carboxylic acids is 1. The van der Waals surface area contributed by atoms with Crippen LogP contribution in [0.2, 0.25) is 0 Å². The van der Waals surface area contributed by atoms with Gasteiger partial charge in [0.2, 0.25) is 5.91 Å². The van der Waals surface area contributed by atoms with Crippen molar-refractivity contribution >= 4 is 44.7 Å². The lowest BCUT2D eigenvalue weighted by molar-refractivity contribution is -0.118. The maximum atomic E-state index is 13.1. The van der Waals surface area contributed by atoms with E-state index >= 15 is 0 Å². The Balaban J connectivity index is 1.88. The quantitative estimate of drug-likeness (QED) is 0.600. The van der Waals surface area contributed by atoms with Gasteiger partial charge in [-0.3, -0.25) is 19.1 Å². The number of carbonyl (C=O) groups is 1. The average molecular weight is 445 g/mol. The smallest absolute Gasteiger partial charge is 0.308 e. The van der Waals surface area contributed by atoms with Crippen molar-refractivity contribution in [3.63, 3.8) is 0 Å². The molecule has 0 N–H and O–H groups in total. The van der Waals surface area contributed by atoms with Gasteiger partial charge in [0.25, 0.3) is 0 Å². The van der Waals surface area contributed by atoms with Crippen LogP contribution in [0.1, 0.15) is 22.8 Å². The van der Waals surface area contributed by atoms with Crippen molar-refractivity contribution in [2.75, 3.05) is 12.0 Å². The molecule has 1 aliphatic rings. The Labute approximate surface area is 168 Å². The lowest BCUT2D eigenvalue weighted by atomic mass is 9.90. The van der Waals surface area contributed by atoms with E-state index in [0.29, 0.717) is 12.2 Å².